The first-order chi connectivity index (χ1) is 23.8. The molecule has 3 aromatic heterocycles. The van der Waals surface area contributed by atoms with E-state index >= 15 is 0 Å². The number of thiophene rings is 1. The van der Waals surface area contributed by atoms with Gasteiger partial charge in [-0.2, -0.15) is 0 Å². The van der Waals surface area contributed by atoms with Crippen molar-refractivity contribution in [1.82, 2.24) is 9.55 Å². The Hall–Kier alpha value is -6.05. The van der Waals surface area contributed by atoms with Gasteiger partial charge in [0.05, 0.1) is 38.5 Å². The molecule has 0 amide bonds. The molecule has 6 aromatic carbocycles. The topological polar surface area (TPSA) is 27.5 Å². The lowest BCUT2D eigenvalue weighted by molar-refractivity contribution is 1.11. The predicted octanol–water partition coefficient (Wildman–Crippen LogP) is 11.0. The van der Waals surface area contributed by atoms with Crippen LogP contribution in [0.25, 0.3) is 47.8 Å². The molecular weight excluding hydrogens is 605 g/mol. The second kappa shape index (κ2) is 9.73. The van der Waals surface area contributed by atoms with Crippen LogP contribution in [0.5, 0.6) is 0 Å². The molecule has 2 aliphatic heterocycles. The van der Waals surface area contributed by atoms with Crippen molar-refractivity contribution in [3.05, 3.63) is 158 Å². The molecular formula is C41H26BN5S. The molecule has 0 fully saturated rings. The van der Waals surface area contributed by atoms with E-state index in [0.29, 0.717) is 0 Å². The van der Waals surface area contributed by atoms with Crippen molar-refractivity contribution < 1.29 is 0 Å². The van der Waals surface area contributed by atoms with Crippen LogP contribution in [-0.2, 0) is 0 Å². The maximum Gasteiger partial charge on any atom is 0.519 e. The van der Waals surface area contributed by atoms with Gasteiger partial charge in [0.15, 0.2) is 5.82 Å². The van der Waals surface area contributed by atoms with Crippen LogP contribution in [0.15, 0.2) is 158 Å². The molecule has 224 valence electrons. The third kappa shape index (κ3) is 3.43. The van der Waals surface area contributed by atoms with Gasteiger partial charge in [-0.15, -0.1) is 11.3 Å². The Balaban J connectivity index is 1.13. The normalized spacial score (nSPS) is 13.7. The number of hydrogen-bond donors (Lipinski definition) is 0. The maximum absolute atomic E-state index is 5.03. The van der Waals surface area contributed by atoms with E-state index in [1.165, 1.54) is 70.4 Å². The van der Waals surface area contributed by atoms with Gasteiger partial charge in [0.1, 0.15) is 0 Å². The number of rotatable bonds is 3. The van der Waals surface area contributed by atoms with E-state index in [-0.39, 0.29) is 7.12 Å². The summed E-state index contributed by atoms with van der Waals surface area (Å²) in [6.45, 7) is 0. The highest BCUT2D eigenvalue weighted by molar-refractivity contribution is 7.26. The van der Waals surface area contributed by atoms with Gasteiger partial charge < -0.3 is 14.4 Å². The van der Waals surface area contributed by atoms with Crippen molar-refractivity contribution >= 4 is 94.6 Å². The van der Waals surface area contributed by atoms with E-state index in [0.717, 1.165) is 11.5 Å². The standard InChI is InChI=1S/C41H26BN5S/c1-2-12-27(13-3-1)45-35-18-8-10-20-37(35)47-38-21-11-9-19-36(38)46(42(45)47)28-22-23-39-32(26-28)31-24-25-43-41(40(31)48-39)44-33-16-6-4-14-29(33)30-15-5-7-17-34(30)44/h1-26H. The first-order valence-corrected chi connectivity index (χ1v) is 17.1. The number of anilines is 6. The summed E-state index contributed by atoms with van der Waals surface area (Å²) in [6, 6.07) is 54.8. The van der Waals surface area contributed by atoms with Crippen LogP contribution in [0.3, 0.4) is 0 Å². The van der Waals surface area contributed by atoms with Gasteiger partial charge in [-0.3, -0.25) is 4.57 Å². The molecule has 48 heavy (non-hydrogen) atoms. The molecule has 5 nitrogen and oxygen atoms in total. The molecule has 7 heteroatoms. The number of nitrogens with zero attached hydrogens (tertiary/aromatic N) is 5. The largest absolute Gasteiger partial charge is 0.519 e. The molecule has 0 atom stereocenters. The fraction of sp³-hybridized carbons (Fsp3) is 0. The van der Waals surface area contributed by atoms with E-state index in [1.54, 1.807) is 0 Å². The number of fused-ring (bicyclic) bond motifs is 11. The zero-order valence-corrected chi connectivity index (χ0v) is 26.5. The Morgan fingerprint density at radius 3 is 1.69 bits per heavy atom. The molecule has 0 radical (unpaired) electrons. The Bertz CT molecular complexity index is 2670. The van der Waals surface area contributed by atoms with E-state index in [4.69, 9.17) is 4.98 Å². The summed E-state index contributed by atoms with van der Waals surface area (Å²) >= 11 is 1.82. The van der Waals surface area contributed by atoms with Crippen molar-refractivity contribution in [3.8, 4) is 5.82 Å². The second-order valence-electron chi connectivity index (χ2n) is 12.4. The van der Waals surface area contributed by atoms with Gasteiger partial charge >= 0.3 is 7.12 Å². The summed E-state index contributed by atoms with van der Waals surface area (Å²) in [7, 11) is -0.0839. The Morgan fingerprint density at radius 2 is 1.02 bits per heavy atom. The summed E-state index contributed by atoms with van der Waals surface area (Å²) < 4.78 is 4.78. The molecule has 2 aliphatic rings. The fourth-order valence-electron chi connectivity index (χ4n) is 7.99. The lowest BCUT2D eigenvalue weighted by atomic mass is 9.86. The first kappa shape index (κ1) is 26.1. The Kier molecular flexibility index (Phi) is 5.29. The zero-order chi connectivity index (χ0) is 31.3. The summed E-state index contributed by atoms with van der Waals surface area (Å²) in [5, 5.41) is 4.96. The van der Waals surface area contributed by atoms with Crippen LogP contribution in [0.2, 0.25) is 0 Å². The molecule has 0 bridgehead atoms. The monoisotopic (exact) mass is 631 g/mol. The molecule has 11 rings (SSSR count). The quantitative estimate of drug-likeness (QED) is 0.181. The van der Waals surface area contributed by atoms with Crippen LogP contribution < -0.4 is 14.4 Å². The molecule has 9 aromatic rings. The summed E-state index contributed by atoms with van der Waals surface area (Å²) in [6.07, 6.45) is 1.97. The van der Waals surface area contributed by atoms with Crippen molar-refractivity contribution in [2.24, 2.45) is 0 Å². The van der Waals surface area contributed by atoms with Crippen LogP contribution in [0.1, 0.15) is 0 Å². The van der Waals surface area contributed by atoms with Crippen molar-refractivity contribution in [1.29, 1.82) is 0 Å². The molecule has 0 saturated carbocycles. The minimum Gasteiger partial charge on any atom is -0.344 e. The highest BCUT2D eigenvalue weighted by Crippen LogP contribution is 2.56. The van der Waals surface area contributed by atoms with Gasteiger partial charge in [-0.05, 0) is 72.8 Å². The first-order valence-electron chi connectivity index (χ1n) is 16.3. The van der Waals surface area contributed by atoms with E-state index in [9.17, 15) is 0 Å². The average molecular weight is 632 g/mol. The van der Waals surface area contributed by atoms with Crippen LogP contribution in [-0.4, -0.2) is 16.7 Å². The molecule has 0 N–H and O–H groups in total. The lowest BCUT2D eigenvalue weighted by Crippen LogP contribution is -2.51. The van der Waals surface area contributed by atoms with Crippen LogP contribution in [0.4, 0.5) is 34.1 Å². The highest BCUT2D eigenvalue weighted by atomic mass is 32.1. The lowest BCUT2D eigenvalue weighted by Gasteiger charge is -2.31. The van der Waals surface area contributed by atoms with Gasteiger partial charge in [0.25, 0.3) is 0 Å². The number of pyridine rings is 1. The second-order valence-corrected chi connectivity index (χ2v) is 13.5. The van der Waals surface area contributed by atoms with Crippen LogP contribution in [0, 0.1) is 0 Å². The Morgan fingerprint density at radius 1 is 0.458 bits per heavy atom. The number of para-hydroxylation sites is 7. The van der Waals surface area contributed by atoms with Gasteiger partial charge in [-0.25, -0.2) is 4.98 Å². The third-order valence-electron chi connectivity index (χ3n) is 9.95. The SMILES string of the molecule is c1ccc(N2B3N(c4ccc5sc6c(-n7c8ccccc8c8ccccc87)nccc6c5c4)c4ccccc4N3c3ccccc32)cc1. The van der Waals surface area contributed by atoms with Crippen molar-refractivity contribution in [2.45, 2.75) is 0 Å². The molecule has 0 unspecified atom stereocenters. The van der Waals surface area contributed by atoms with E-state index < -0.39 is 0 Å². The van der Waals surface area contributed by atoms with Crippen LogP contribution >= 0.6 is 11.3 Å². The summed E-state index contributed by atoms with van der Waals surface area (Å²) in [4.78, 5) is 12.5. The number of benzene rings is 6. The van der Waals surface area contributed by atoms with E-state index in [2.05, 4.69) is 171 Å². The van der Waals surface area contributed by atoms with E-state index in [1.807, 2.05) is 17.5 Å². The minimum absolute atomic E-state index is 0.0839. The molecule has 0 spiro atoms. The van der Waals surface area contributed by atoms with Gasteiger partial charge in [-0.1, -0.05) is 78.9 Å². The third-order valence-corrected chi connectivity index (χ3v) is 11.1. The van der Waals surface area contributed by atoms with Crippen molar-refractivity contribution in [2.75, 3.05) is 14.4 Å². The van der Waals surface area contributed by atoms with Crippen molar-refractivity contribution in [3.63, 3.8) is 0 Å². The predicted molar refractivity (Wildman–Crippen MR) is 203 cm³/mol. The molecule has 5 heterocycles. The maximum atomic E-state index is 5.03. The summed E-state index contributed by atoms with van der Waals surface area (Å²) in [5.41, 5.74) is 9.50. The fourth-order valence-corrected chi connectivity index (χ4v) is 9.15. The number of hydrogen-bond acceptors (Lipinski definition) is 5. The molecule has 0 aliphatic carbocycles. The highest BCUT2D eigenvalue weighted by Gasteiger charge is 2.53. The van der Waals surface area contributed by atoms with Gasteiger partial charge in [0.2, 0.25) is 0 Å². The zero-order valence-electron chi connectivity index (χ0n) is 25.7. The summed E-state index contributed by atoms with van der Waals surface area (Å²) in [5.74, 6) is 0.979. The number of aromatic nitrogens is 2. The smallest absolute Gasteiger partial charge is 0.344 e. The average Bonchev–Trinajstić information content (AvgIpc) is 3.88. The minimum atomic E-state index is -0.0839. The van der Waals surface area contributed by atoms with Gasteiger partial charge in [0, 0.05) is 43.8 Å². The Labute approximate surface area is 281 Å². The molecule has 0 saturated heterocycles.